The number of nitrogens with zero attached hydrogens (tertiary/aromatic N) is 3. The summed E-state index contributed by atoms with van der Waals surface area (Å²) in [7, 11) is -2.80. The van der Waals surface area contributed by atoms with Crippen LogP contribution in [0.5, 0.6) is 0 Å². The minimum Gasteiger partial charge on any atom is -0.377 e. The largest absolute Gasteiger partial charge is 0.377 e. The molecule has 1 aromatic heterocycles. The van der Waals surface area contributed by atoms with Gasteiger partial charge in [0.2, 0.25) is 0 Å². The monoisotopic (exact) mass is 491 g/mol. The molecule has 8 nitrogen and oxygen atoms in total. The van der Waals surface area contributed by atoms with Crippen molar-refractivity contribution in [2.24, 2.45) is 0 Å². The predicted octanol–water partition coefficient (Wildman–Crippen LogP) is 4.43. The summed E-state index contributed by atoms with van der Waals surface area (Å²) >= 11 is 5.32. The standard InChI is InChI=1S/C23H33N5O3S2/c1-4-11-24-22(32)25-18-7-5-17(6-8-18)21-26-19(23(9-10-23)33(3,29)30)14-20(27-21)28-12-13-31-15-16(28)2/h5-8,14,16,29-30H,4,9-13,15H2,1-3H3,(H2,24,25,32)/t16-/m0/s1. The third-order valence-electron chi connectivity index (χ3n) is 6.22. The van der Waals surface area contributed by atoms with Gasteiger partial charge in [-0.3, -0.25) is 9.11 Å². The third kappa shape index (κ3) is 5.25. The van der Waals surface area contributed by atoms with Gasteiger partial charge in [-0.15, -0.1) is 0 Å². The third-order valence-corrected chi connectivity index (χ3v) is 8.57. The van der Waals surface area contributed by atoms with Crippen molar-refractivity contribution < 1.29 is 13.8 Å². The molecular formula is C23H33N5O3S2. The Morgan fingerprint density at radius 3 is 2.61 bits per heavy atom. The van der Waals surface area contributed by atoms with Gasteiger partial charge >= 0.3 is 0 Å². The summed E-state index contributed by atoms with van der Waals surface area (Å²) < 4.78 is 26.1. The molecule has 1 aromatic carbocycles. The summed E-state index contributed by atoms with van der Waals surface area (Å²) in [6.45, 7) is 7.03. The molecule has 2 aromatic rings. The highest BCUT2D eigenvalue weighted by Crippen LogP contribution is 2.69. The number of aromatic nitrogens is 2. The first-order valence-corrected chi connectivity index (χ1v) is 13.7. The van der Waals surface area contributed by atoms with Gasteiger partial charge in [0.15, 0.2) is 10.9 Å². The van der Waals surface area contributed by atoms with Crippen LogP contribution < -0.4 is 15.5 Å². The Kier molecular flexibility index (Phi) is 7.11. The van der Waals surface area contributed by atoms with Crippen LogP contribution in [0.4, 0.5) is 11.5 Å². The van der Waals surface area contributed by atoms with Crippen molar-refractivity contribution in [1.29, 1.82) is 0 Å². The van der Waals surface area contributed by atoms with Crippen molar-refractivity contribution in [2.45, 2.75) is 43.9 Å². The van der Waals surface area contributed by atoms with Gasteiger partial charge in [0.1, 0.15) is 10.6 Å². The van der Waals surface area contributed by atoms with E-state index in [9.17, 15) is 9.11 Å². The zero-order chi connectivity index (χ0) is 23.6. The first kappa shape index (κ1) is 24.2. The van der Waals surface area contributed by atoms with E-state index >= 15 is 0 Å². The van der Waals surface area contributed by atoms with Crippen LogP contribution in [-0.4, -0.2) is 62.8 Å². The van der Waals surface area contributed by atoms with E-state index in [-0.39, 0.29) is 6.04 Å². The predicted molar refractivity (Wildman–Crippen MR) is 139 cm³/mol. The van der Waals surface area contributed by atoms with E-state index < -0.39 is 15.3 Å². The Labute approximate surface area is 202 Å². The normalized spacial score (nSPS) is 20.3. The molecule has 4 N–H and O–H groups in total. The Bertz CT molecular complexity index is 993. The molecule has 1 atom stereocenters. The lowest BCUT2D eigenvalue weighted by Crippen LogP contribution is -2.44. The number of rotatable bonds is 7. The molecule has 33 heavy (non-hydrogen) atoms. The topological polar surface area (TPSA) is 103 Å². The maximum absolute atomic E-state index is 10.6. The van der Waals surface area contributed by atoms with Crippen LogP contribution in [0, 0.1) is 0 Å². The van der Waals surface area contributed by atoms with Gasteiger partial charge < -0.3 is 20.3 Å². The van der Waals surface area contributed by atoms with Crippen molar-refractivity contribution in [3.63, 3.8) is 0 Å². The maximum Gasteiger partial charge on any atom is 0.170 e. The van der Waals surface area contributed by atoms with Crippen LogP contribution in [0.25, 0.3) is 11.4 Å². The van der Waals surface area contributed by atoms with Gasteiger partial charge in [0.05, 0.1) is 24.9 Å². The zero-order valence-electron chi connectivity index (χ0n) is 19.4. The molecule has 2 aliphatic rings. The van der Waals surface area contributed by atoms with Crippen LogP contribution in [0.15, 0.2) is 30.3 Å². The molecular weight excluding hydrogens is 458 g/mol. The number of nitrogens with one attached hydrogen (secondary N) is 2. The minimum atomic E-state index is -2.80. The number of ether oxygens (including phenoxy) is 1. The number of benzene rings is 1. The van der Waals surface area contributed by atoms with Crippen molar-refractivity contribution in [3.05, 3.63) is 36.0 Å². The molecule has 2 fully saturated rings. The van der Waals surface area contributed by atoms with E-state index in [0.29, 0.717) is 42.7 Å². The molecule has 0 amide bonds. The van der Waals surface area contributed by atoms with Gasteiger partial charge in [-0.05, 0) is 62.7 Å². The lowest BCUT2D eigenvalue weighted by molar-refractivity contribution is 0.0985. The zero-order valence-corrected chi connectivity index (χ0v) is 21.0. The van der Waals surface area contributed by atoms with Crippen LogP contribution in [0.3, 0.4) is 0 Å². The quantitative estimate of drug-likeness (QED) is 0.419. The Balaban J connectivity index is 1.67. The summed E-state index contributed by atoms with van der Waals surface area (Å²) in [5.74, 6) is 1.38. The molecule has 0 radical (unpaired) electrons. The van der Waals surface area contributed by atoms with Gasteiger partial charge in [-0.2, -0.15) is 10.6 Å². The van der Waals surface area contributed by atoms with Crippen LogP contribution in [-0.2, 0) is 9.48 Å². The molecule has 1 saturated heterocycles. The fraction of sp³-hybridized carbons (Fsp3) is 0.522. The van der Waals surface area contributed by atoms with E-state index in [1.807, 2.05) is 30.3 Å². The van der Waals surface area contributed by atoms with Crippen molar-refractivity contribution in [2.75, 3.05) is 42.8 Å². The van der Waals surface area contributed by atoms with Crippen molar-refractivity contribution >= 4 is 39.4 Å². The van der Waals surface area contributed by atoms with Crippen molar-refractivity contribution in [1.82, 2.24) is 15.3 Å². The van der Waals surface area contributed by atoms with E-state index in [1.54, 1.807) is 0 Å². The first-order chi connectivity index (χ1) is 15.7. The Morgan fingerprint density at radius 2 is 2.00 bits per heavy atom. The van der Waals surface area contributed by atoms with Crippen LogP contribution >= 0.6 is 22.8 Å². The Morgan fingerprint density at radius 1 is 1.27 bits per heavy atom. The molecule has 1 aliphatic heterocycles. The lowest BCUT2D eigenvalue weighted by Gasteiger charge is -2.38. The molecule has 2 heterocycles. The van der Waals surface area contributed by atoms with Gasteiger partial charge in [0, 0.05) is 36.7 Å². The second kappa shape index (κ2) is 9.71. The van der Waals surface area contributed by atoms with E-state index in [2.05, 4.69) is 29.4 Å². The maximum atomic E-state index is 10.6. The molecule has 1 aliphatic carbocycles. The number of hydrogen-bond acceptors (Lipinski definition) is 7. The summed E-state index contributed by atoms with van der Waals surface area (Å²) in [6, 6.07) is 9.92. The molecule has 10 heteroatoms. The van der Waals surface area contributed by atoms with Gasteiger partial charge in [-0.25, -0.2) is 9.97 Å². The molecule has 0 spiro atoms. The van der Waals surface area contributed by atoms with Gasteiger partial charge in [0.25, 0.3) is 0 Å². The smallest absolute Gasteiger partial charge is 0.170 e. The second-order valence-electron chi connectivity index (χ2n) is 8.84. The lowest BCUT2D eigenvalue weighted by atomic mass is 10.1. The highest BCUT2D eigenvalue weighted by Gasteiger charge is 2.55. The average Bonchev–Trinajstić information content (AvgIpc) is 3.61. The minimum absolute atomic E-state index is 0.176. The molecule has 180 valence electrons. The molecule has 0 bridgehead atoms. The van der Waals surface area contributed by atoms with E-state index in [0.717, 1.165) is 36.6 Å². The number of morpholine rings is 1. The van der Waals surface area contributed by atoms with Crippen LogP contribution in [0.2, 0.25) is 0 Å². The van der Waals surface area contributed by atoms with E-state index in [4.69, 9.17) is 26.9 Å². The highest BCUT2D eigenvalue weighted by molar-refractivity contribution is 8.24. The fourth-order valence-corrected chi connectivity index (χ4v) is 5.68. The fourth-order valence-electron chi connectivity index (χ4n) is 4.08. The molecule has 0 unspecified atom stereocenters. The summed E-state index contributed by atoms with van der Waals surface area (Å²) in [4.78, 5) is 11.9. The summed E-state index contributed by atoms with van der Waals surface area (Å²) in [5.41, 5.74) is 2.45. The first-order valence-electron chi connectivity index (χ1n) is 11.4. The second-order valence-corrected chi connectivity index (χ2v) is 11.7. The highest BCUT2D eigenvalue weighted by atomic mass is 32.3. The Hall–Kier alpha value is -1.98. The van der Waals surface area contributed by atoms with Gasteiger partial charge in [-0.1, -0.05) is 6.92 Å². The molecule has 1 saturated carbocycles. The van der Waals surface area contributed by atoms with Crippen molar-refractivity contribution in [3.8, 4) is 11.4 Å². The summed E-state index contributed by atoms with van der Waals surface area (Å²) in [6.07, 6.45) is 3.95. The molecule has 4 rings (SSSR count). The SMILES string of the molecule is CCCNC(=S)Nc1ccc(-c2nc(N3CCOC[C@@H]3C)cc(C3(S(C)(O)O)CC3)n2)cc1. The number of thiocarbonyl (C=S) groups is 1. The van der Waals surface area contributed by atoms with E-state index in [1.165, 1.54) is 6.26 Å². The number of anilines is 2. The summed E-state index contributed by atoms with van der Waals surface area (Å²) in [5, 5.41) is 6.93. The van der Waals surface area contributed by atoms with Crippen LogP contribution in [0.1, 0.15) is 38.8 Å². The number of hydrogen-bond donors (Lipinski definition) is 4. The average molecular weight is 492 g/mol.